The number of carbonyl (C=O) groups is 1. The molecule has 0 radical (unpaired) electrons. The fourth-order valence-electron chi connectivity index (χ4n) is 7.55. The third kappa shape index (κ3) is 5.61. The largest absolute Gasteiger partial charge is 0.351 e. The molecule has 0 aliphatic heterocycles. The summed E-state index contributed by atoms with van der Waals surface area (Å²) in [7, 11) is 0. The van der Waals surface area contributed by atoms with E-state index < -0.39 is 0 Å². The molecule has 8 heteroatoms. The molecule has 0 atom stereocenters. The summed E-state index contributed by atoms with van der Waals surface area (Å²) >= 11 is 18.8. The summed E-state index contributed by atoms with van der Waals surface area (Å²) in [4.78, 5) is 13.3. The normalized spacial score (nSPS) is 25.3. The summed E-state index contributed by atoms with van der Waals surface area (Å²) in [5.41, 5.74) is 3.51. The quantitative estimate of drug-likeness (QED) is 0.253. The fraction of sp³-hybridized carbons (Fsp3) is 0.484. The summed E-state index contributed by atoms with van der Waals surface area (Å²) in [5.74, 6) is 3.61. The van der Waals surface area contributed by atoms with Gasteiger partial charge in [0.1, 0.15) is 0 Å². The van der Waals surface area contributed by atoms with Crippen molar-refractivity contribution in [3.05, 3.63) is 68.8 Å². The predicted molar refractivity (Wildman–Crippen MR) is 159 cm³/mol. The first-order chi connectivity index (χ1) is 18.9. The third-order valence-corrected chi connectivity index (χ3v) is 9.88. The highest BCUT2D eigenvalue weighted by molar-refractivity contribution is 6.35. The molecule has 4 bridgehead atoms. The molecule has 1 amide bonds. The SMILES string of the molecule is Cc1c(C(=O)NCCCCNC2C3CC4CC(C3)CC2C4)nn(-c2ccc(Cl)cc2Cl)c1-c1ccc(Cl)cc1. The maximum absolute atomic E-state index is 13.3. The molecule has 3 aromatic rings. The van der Waals surface area contributed by atoms with Crippen LogP contribution in [0.5, 0.6) is 0 Å². The van der Waals surface area contributed by atoms with Crippen molar-refractivity contribution < 1.29 is 4.79 Å². The Balaban J connectivity index is 1.09. The summed E-state index contributed by atoms with van der Waals surface area (Å²) < 4.78 is 1.72. The molecule has 4 saturated carbocycles. The lowest BCUT2D eigenvalue weighted by atomic mass is 9.54. The van der Waals surface area contributed by atoms with Gasteiger partial charge in [-0.3, -0.25) is 4.79 Å². The highest BCUT2D eigenvalue weighted by atomic mass is 35.5. The van der Waals surface area contributed by atoms with Gasteiger partial charge in [0.05, 0.1) is 16.4 Å². The number of nitrogens with one attached hydrogen (secondary N) is 2. The van der Waals surface area contributed by atoms with E-state index in [9.17, 15) is 4.79 Å². The monoisotopic (exact) mass is 584 g/mol. The van der Waals surface area contributed by atoms with Crippen molar-refractivity contribution in [2.45, 2.75) is 57.9 Å². The molecule has 1 heterocycles. The number of rotatable bonds is 9. The number of aromatic nitrogens is 2. The Hall–Kier alpha value is -2.05. The number of benzene rings is 2. The van der Waals surface area contributed by atoms with Gasteiger partial charge in [-0.05, 0) is 112 Å². The second kappa shape index (κ2) is 11.4. The maximum atomic E-state index is 13.3. The average molecular weight is 586 g/mol. The van der Waals surface area contributed by atoms with E-state index >= 15 is 0 Å². The summed E-state index contributed by atoms with van der Waals surface area (Å²) in [6.45, 7) is 3.56. The molecule has 206 valence electrons. The van der Waals surface area contributed by atoms with E-state index in [-0.39, 0.29) is 5.91 Å². The standard InChI is InChI=1S/C31H35Cl3N4O/c1-18-28(31(39)36-11-3-2-10-35-29-22-13-19-12-20(15-22)16-23(29)14-19)37-38(27-9-8-25(33)17-26(27)34)30(18)21-4-6-24(32)7-5-21/h4-9,17,19-20,22-23,29,35H,2-3,10-16H2,1H3,(H,36,39). The molecule has 4 fully saturated rings. The highest BCUT2D eigenvalue weighted by Gasteiger charge is 2.47. The Morgan fingerprint density at radius 1 is 0.897 bits per heavy atom. The van der Waals surface area contributed by atoms with Crippen LogP contribution < -0.4 is 10.6 Å². The Morgan fingerprint density at radius 3 is 2.21 bits per heavy atom. The van der Waals surface area contributed by atoms with Crippen molar-refractivity contribution in [3.8, 4) is 16.9 Å². The second-order valence-corrected chi connectivity index (χ2v) is 13.0. The Bertz CT molecular complexity index is 1320. The minimum atomic E-state index is -0.180. The Kier molecular flexibility index (Phi) is 7.96. The number of nitrogens with zero attached hydrogens (tertiary/aromatic N) is 2. The minimum Gasteiger partial charge on any atom is -0.351 e. The van der Waals surface area contributed by atoms with E-state index in [0.29, 0.717) is 39.0 Å². The lowest BCUT2D eigenvalue weighted by Crippen LogP contribution is -2.54. The first-order valence-electron chi connectivity index (χ1n) is 14.2. The number of carbonyl (C=O) groups excluding carboxylic acids is 1. The molecule has 0 saturated heterocycles. The second-order valence-electron chi connectivity index (χ2n) is 11.7. The van der Waals surface area contributed by atoms with Crippen LogP contribution in [0.3, 0.4) is 0 Å². The predicted octanol–water partition coefficient (Wildman–Crippen LogP) is 7.73. The molecule has 2 aromatic carbocycles. The smallest absolute Gasteiger partial charge is 0.272 e. The minimum absolute atomic E-state index is 0.180. The van der Waals surface area contributed by atoms with Crippen LogP contribution in [0.4, 0.5) is 0 Å². The van der Waals surface area contributed by atoms with Crippen LogP contribution in [-0.2, 0) is 0 Å². The number of unbranched alkanes of at least 4 members (excludes halogenated alkanes) is 1. The van der Waals surface area contributed by atoms with Crippen molar-refractivity contribution in [1.29, 1.82) is 0 Å². The molecule has 0 unspecified atom stereocenters. The van der Waals surface area contributed by atoms with Gasteiger partial charge in [0, 0.05) is 33.8 Å². The summed E-state index contributed by atoms with van der Waals surface area (Å²) in [6.07, 6.45) is 9.21. The van der Waals surface area contributed by atoms with Crippen LogP contribution in [-0.4, -0.2) is 34.8 Å². The molecule has 2 N–H and O–H groups in total. The van der Waals surface area contributed by atoms with Crippen LogP contribution in [0.15, 0.2) is 42.5 Å². The molecule has 4 aliphatic carbocycles. The van der Waals surface area contributed by atoms with Crippen molar-refractivity contribution in [3.63, 3.8) is 0 Å². The van der Waals surface area contributed by atoms with E-state index in [4.69, 9.17) is 39.9 Å². The van der Waals surface area contributed by atoms with E-state index in [1.54, 1.807) is 16.8 Å². The molecule has 7 rings (SSSR count). The van der Waals surface area contributed by atoms with Gasteiger partial charge in [-0.1, -0.05) is 46.9 Å². The van der Waals surface area contributed by atoms with Crippen LogP contribution >= 0.6 is 34.8 Å². The number of halogens is 3. The van der Waals surface area contributed by atoms with Crippen molar-refractivity contribution in [2.75, 3.05) is 13.1 Å². The highest BCUT2D eigenvalue weighted by Crippen LogP contribution is 2.53. The lowest BCUT2D eigenvalue weighted by molar-refractivity contribution is -0.0135. The van der Waals surface area contributed by atoms with Gasteiger partial charge in [-0.2, -0.15) is 5.10 Å². The maximum Gasteiger partial charge on any atom is 0.272 e. The molecule has 0 spiro atoms. The van der Waals surface area contributed by atoms with Gasteiger partial charge in [0.15, 0.2) is 5.69 Å². The average Bonchev–Trinajstić information content (AvgIpc) is 3.24. The Labute approximate surface area is 245 Å². The number of hydrogen-bond donors (Lipinski definition) is 2. The van der Waals surface area contributed by atoms with E-state index in [1.807, 2.05) is 37.3 Å². The van der Waals surface area contributed by atoms with Gasteiger partial charge < -0.3 is 10.6 Å². The molecular formula is C31H35Cl3N4O. The topological polar surface area (TPSA) is 59.0 Å². The van der Waals surface area contributed by atoms with Gasteiger partial charge in [0.2, 0.25) is 0 Å². The van der Waals surface area contributed by atoms with Crippen LogP contribution in [0, 0.1) is 30.6 Å². The number of amides is 1. The lowest BCUT2D eigenvalue weighted by Gasteiger charge is -2.54. The van der Waals surface area contributed by atoms with E-state index in [2.05, 4.69) is 10.6 Å². The van der Waals surface area contributed by atoms with Gasteiger partial charge in [0.25, 0.3) is 5.91 Å². The zero-order valence-electron chi connectivity index (χ0n) is 22.2. The van der Waals surface area contributed by atoms with Crippen molar-refractivity contribution in [1.82, 2.24) is 20.4 Å². The van der Waals surface area contributed by atoms with Gasteiger partial charge in [-0.25, -0.2) is 4.68 Å². The van der Waals surface area contributed by atoms with E-state index in [1.165, 1.54) is 32.1 Å². The van der Waals surface area contributed by atoms with Gasteiger partial charge in [-0.15, -0.1) is 0 Å². The number of hydrogen-bond acceptors (Lipinski definition) is 3. The third-order valence-electron chi connectivity index (χ3n) is 9.09. The van der Waals surface area contributed by atoms with Crippen LogP contribution in [0.1, 0.15) is 61.0 Å². The van der Waals surface area contributed by atoms with Crippen molar-refractivity contribution >= 4 is 40.7 Å². The molecule has 39 heavy (non-hydrogen) atoms. The van der Waals surface area contributed by atoms with E-state index in [0.717, 1.165) is 59.9 Å². The van der Waals surface area contributed by atoms with Crippen LogP contribution in [0.2, 0.25) is 15.1 Å². The molecule has 5 nitrogen and oxygen atoms in total. The fourth-order valence-corrected chi connectivity index (χ4v) is 8.16. The first-order valence-corrected chi connectivity index (χ1v) is 15.3. The zero-order chi connectivity index (χ0) is 27.1. The Morgan fingerprint density at radius 2 is 1.54 bits per heavy atom. The summed E-state index contributed by atoms with van der Waals surface area (Å²) in [6, 6.07) is 13.5. The molecule has 4 aliphatic rings. The first kappa shape index (κ1) is 27.1. The van der Waals surface area contributed by atoms with Crippen molar-refractivity contribution in [2.24, 2.45) is 23.7 Å². The van der Waals surface area contributed by atoms with Crippen LogP contribution in [0.25, 0.3) is 16.9 Å². The van der Waals surface area contributed by atoms with Gasteiger partial charge >= 0.3 is 0 Å². The molecule has 1 aromatic heterocycles. The summed E-state index contributed by atoms with van der Waals surface area (Å²) in [5, 5.41) is 13.3. The zero-order valence-corrected chi connectivity index (χ0v) is 24.5. The molecular weight excluding hydrogens is 551 g/mol.